The Kier molecular flexibility index (Phi) is 1.86. The molecule has 0 saturated carbocycles. The van der Waals surface area contributed by atoms with Crippen LogP contribution in [0.4, 0.5) is 0 Å². The molecule has 2 aliphatic rings. The van der Waals surface area contributed by atoms with E-state index in [1.165, 1.54) is 0 Å². The van der Waals surface area contributed by atoms with E-state index in [1.807, 2.05) is 0 Å². The topological polar surface area (TPSA) is 85.2 Å². The van der Waals surface area contributed by atoms with E-state index in [0.717, 1.165) is 0 Å². The van der Waals surface area contributed by atoms with E-state index in [4.69, 9.17) is 14.6 Å². The number of aliphatic hydroxyl groups is 2. The predicted octanol–water partition coefficient (Wildman–Crippen LogP) is -0.388. The van der Waals surface area contributed by atoms with Crippen molar-refractivity contribution >= 4 is 5.97 Å². The van der Waals surface area contributed by atoms with Gasteiger partial charge in [-0.2, -0.15) is 0 Å². The summed E-state index contributed by atoms with van der Waals surface area (Å²) in [5.41, 5.74) is 0. The maximum atomic E-state index is 10.8. The van der Waals surface area contributed by atoms with Gasteiger partial charge in [0.2, 0.25) is 5.76 Å². The minimum Gasteiger partial charge on any atom is -0.505 e. The van der Waals surface area contributed by atoms with Crippen molar-refractivity contribution in [2.75, 3.05) is 13.4 Å². The molecule has 0 radical (unpaired) electrons. The molecular weight excluding hydrogens is 180 g/mol. The monoisotopic (exact) mass is 188 g/mol. The van der Waals surface area contributed by atoms with Crippen LogP contribution in [-0.4, -0.2) is 41.8 Å². The smallest absolute Gasteiger partial charge is 0.377 e. The molecule has 1 unspecified atom stereocenters. The third-order valence-corrected chi connectivity index (χ3v) is 1.92. The summed E-state index contributed by atoms with van der Waals surface area (Å²) >= 11 is 0. The molecule has 0 aromatic rings. The fraction of sp³-hybridized carbons (Fsp3) is 0.571. The molecule has 0 bridgehead atoms. The Labute approximate surface area is 73.3 Å². The van der Waals surface area contributed by atoms with E-state index in [1.54, 1.807) is 0 Å². The van der Waals surface area contributed by atoms with Crippen LogP contribution in [0.15, 0.2) is 11.5 Å². The number of ether oxygens (including phenoxy) is 3. The number of aliphatic hydroxyl groups excluding tert-OH is 2. The lowest BCUT2D eigenvalue weighted by molar-refractivity contribution is -0.146. The Bertz CT molecular complexity index is 264. The largest absolute Gasteiger partial charge is 0.505 e. The average molecular weight is 188 g/mol. The first kappa shape index (κ1) is 8.33. The molecule has 72 valence electrons. The van der Waals surface area contributed by atoms with Crippen LogP contribution < -0.4 is 0 Å². The van der Waals surface area contributed by atoms with Gasteiger partial charge in [0, 0.05) is 0 Å². The lowest BCUT2D eigenvalue weighted by Crippen LogP contribution is -2.30. The maximum Gasteiger partial charge on any atom is 0.377 e. The van der Waals surface area contributed by atoms with Gasteiger partial charge in [-0.25, -0.2) is 4.79 Å². The van der Waals surface area contributed by atoms with Gasteiger partial charge in [-0.15, -0.1) is 0 Å². The van der Waals surface area contributed by atoms with Crippen molar-refractivity contribution in [2.24, 2.45) is 0 Å². The fourth-order valence-corrected chi connectivity index (χ4v) is 1.24. The Morgan fingerprint density at radius 2 is 2.15 bits per heavy atom. The van der Waals surface area contributed by atoms with E-state index in [0.29, 0.717) is 0 Å². The van der Waals surface area contributed by atoms with Crippen LogP contribution in [0.1, 0.15) is 0 Å². The third kappa shape index (κ3) is 1.24. The summed E-state index contributed by atoms with van der Waals surface area (Å²) in [5, 5.41) is 18.2. The van der Waals surface area contributed by atoms with Crippen LogP contribution >= 0.6 is 0 Å². The zero-order valence-corrected chi connectivity index (χ0v) is 6.60. The van der Waals surface area contributed by atoms with Gasteiger partial charge in [-0.05, 0) is 0 Å². The first-order valence-electron chi connectivity index (χ1n) is 3.72. The highest BCUT2D eigenvalue weighted by molar-refractivity contribution is 5.89. The van der Waals surface area contributed by atoms with Gasteiger partial charge in [0.15, 0.2) is 11.9 Å². The molecule has 6 heteroatoms. The molecule has 6 nitrogen and oxygen atoms in total. The lowest BCUT2D eigenvalue weighted by Gasteiger charge is -2.14. The maximum absolute atomic E-state index is 10.8. The molecule has 1 saturated heterocycles. The number of carbonyl (C=O) groups excluding carboxylic acids is 1. The van der Waals surface area contributed by atoms with E-state index < -0.39 is 29.7 Å². The van der Waals surface area contributed by atoms with Crippen molar-refractivity contribution in [3.8, 4) is 0 Å². The van der Waals surface area contributed by atoms with Gasteiger partial charge in [-0.3, -0.25) is 0 Å². The fourth-order valence-electron chi connectivity index (χ4n) is 1.24. The van der Waals surface area contributed by atoms with Gasteiger partial charge in [0.25, 0.3) is 0 Å². The highest BCUT2D eigenvalue weighted by Gasteiger charge is 2.42. The predicted molar refractivity (Wildman–Crippen MR) is 37.9 cm³/mol. The molecular formula is C7H8O6. The van der Waals surface area contributed by atoms with Gasteiger partial charge < -0.3 is 24.4 Å². The second kappa shape index (κ2) is 2.90. The number of rotatable bonds is 1. The number of esters is 1. The number of cyclic esters (lactones) is 1. The second-order valence-electron chi connectivity index (χ2n) is 2.75. The summed E-state index contributed by atoms with van der Waals surface area (Å²) in [6.45, 7) is 0.335. The SMILES string of the molecule is O=C1OC([C@H]2COCO2)C(O)=C1O. The van der Waals surface area contributed by atoms with Crippen LogP contribution in [-0.2, 0) is 19.0 Å². The van der Waals surface area contributed by atoms with Crippen LogP contribution in [0.25, 0.3) is 0 Å². The molecule has 2 atom stereocenters. The van der Waals surface area contributed by atoms with Gasteiger partial charge in [0.1, 0.15) is 12.9 Å². The van der Waals surface area contributed by atoms with E-state index >= 15 is 0 Å². The first-order chi connectivity index (χ1) is 6.20. The lowest BCUT2D eigenvalue weighted by atomic mass is 10.2. The van der Waals surface area contributed by atoms with Crippen LogP contribution in [0.3, 0.4) is 0 Å². The molecule has 13 heavy (non-hydrogen) atoms. The van der Waals surface area contributed by atoms with Crippen molar-refractivity contribution in [1.29, 1.82) is 0 Å². The van der Waals surface area contributed by atoms with Crippen LogP contribution in [0.2, 0.25) is 0 Å². The molecule has 2 heterocycles. The van der Waals surface area contributed by atoms with Gasteiger partial charge in [0.05, 0.1) is 6.61 Å². The molecule has 0 aliphatic carbocycles. The van der Waals surface area contributed by atoms with Crippen molar-refractivity contribution in [3.63, 3.8) is 0 Å². The summed E-state index contributed by atoms with van der Waals surface area (Å²) < 4.78 is 14.5. The zero-order chi connectivity index (χ0) is 9.42. The van der Waals surface area contributed by atoms with E-state index in [-0.39, 0.29) is 13.4 Å². The Hall–Kier alpha value is -1.27. The highest BCUT2D eigenvalue weighted by Crippen LogP contribution is 2.24. The standard InChI is InChI=1S/C7H8O6/c8-4-5(9)7(10)13-6(4)3-1-11-2-12-3/h3,6,8-9H,1-2H2/t3-,6?/m1/s1. The second-order valence-corrected chi connectivity index (χ2v) is 2.75. The van der Waals surface area contributed by atoms with Crippen molar-refractivity contribution in [2.45, 2.75) is 12.2 Å². The summed E-state index contributed by atoms with van der Waals surface area (Å²) in [7, 11) is 0. The molecule has 0 aromatic heterocycles. The molecule has 0 amide bonds. The van der Waals surface area contributed by atoms with E-state index in [9.17, 15) is 9.90 Å². The summed E-state index contributed by atoms with van der Waals surface area (Å²) in [6, 6.07) is 0. The Morgan fingerprint density at radius 1 is 1.38 bits per heavy atom. The Morgan fingerprint density at radius 3 is 2.62 bits per heavy atom. The minimum absolute atomic E-state index is 0.104. The quantitative estimate of drug-likeness (QED) is 0.545. The number of hydrogen-bond acceptors (Lipinski definition) is 6. The van der Waals surface area contributed by atoms with Gasteiger partial charge in [-0.1, -0.05) is 0 Å². The molecule has 0 aromatic carbocycles. The summed E-state index contributed by atoms with van der Waals surface area (Å²) in [4.78, 5) is 10.8. The van der Waals surface area contributed by atoms with Gasteiger partial charge >= 0.3 is 5.97 Å². The van der Waals surface area contributed by atoms with E-state index in [2.05, 4.69) is 4.74 Å². The van der Waals surface area contributed by atoms with Crippen molar-refractivity contribution < 1.29 is 29.2 Å². The number of hydrogen-bond donors (Lipinski definition) is 2. The van der Waals surface area contributed by atoms with Crippen LogP contribution in [0, 0.1) is 0 Å². The molecule has 1 fully saturated rings. The molecule has 0 spiro atoms. The Balaban J connectivity index is 2.14. The molecule has 2 N–H and O–H groups in total. The zero-order valence-electron chi connectivity index (χ0n) is 6.60. The third-order valence-electron chi connectivity index (χ3n) is 1.92. The average Bonchev–Trinajstić information content (AvgIpc) is 2.70. The summed E-state index contributed by atoms with van der Waals surface area (Å²) in [5.74, 6) is -2.17. The first-order valence-corrected chi connectivity index (χ1v) is 3.72. The molecule has 2 rings (SSSR count). The summed E-state index contributed by atoms with van der Waals surface area (Å²) in [6.07, 6.45) is -1.47. The minimum atomic E-state index is -0.935. The normalized spacial score (nSPS) is 34.0. The van der Waals surface area contributed by atoms with Crippen molar-refractivity contribution in [1.82, 2.24) is 0 Å². The van der Waals surface area contributed by atoms with Crippen molar-refractivity contribution in [3.05, 3.63) is 11.5 Å². The van der Waals surface area contributed by atoms with Crippen LogP contribution in [0.5, 0.6) is 0 Å². The highest BCUT2D eigenvalue weighted by atomic mass is 16.7. The molecule has 2 aliphatic heterocycles. The number of carbonyl (C=O) groups is 1.